The number of carbonyl (C=O) groups excluding carboxylic acids is 1. The molecule has 0 spiro atoms. The van der Waals surface area contributed by atoms with Crippen LogP contribution >= 0.6 is 0 Å². The van der Waals surface area contributed by atoms with Crippen LogP contribution in [-0.2, 0) is 4.79 Å². The Bertz CT molecular complexity index is 388. The standard InChI is InChI=1S/C13H20N2O2/c1-9-6-5-7-10(14)12(9)17-8-11(16)15-13(2,3)4/h5-7H,8,14H2,1-4H3,(H,15,16). The molecule has 1 rings (SSSR count). The minimum absolute atomic E-state index is 0.0215. The van der Waals surface area contributed by atoms with Gasteiger partial charge in [0.25, 0.3) is 5.91 Å². The number of aryl methyl sites for hydroxylation is 1. The number of benzene rings is 1. The largest absolute Gasteiger partial charge is 0.481 e. The van der Waals surface area contributed by atoms with Crippen LogP contribution in [0.1, 0.15) is 26.3 Å². The number of carbonyl (C=O) groups is 1. The van der Waals surface area contributed by atoms with Crippen LogP contribution in [-0.4, -0.2) is 18.1 Å². The Morgan fingerprint density at radius 1 is 1.41 bits per heavy atom. The molecule has 1 amide bonds. The van der Waals surface area contributed by atoms with Crippen molar-refractivity contribution in [1.82, 2.24) is 5.32 Å². The molecule has 4 nitrogen and oxygen atoms in total. The van der Waals surface area contributed by atoms with E-state index in [0.29, 0.717) is 11.4 Å². The number of hydrogen-bond acceptors (Lipinski definition) is 3. The molecule has 0 aromatic heterocycles. The van der Waals surface area contributed by atoms with Gasteiger partial charge in [0.05, 0.1) is 5.69 Å². The van der Waals surface area contributed by atoms with Crippen LogP contribution < -0.4 is 15.8 Å². The van der Waals surface area contributed by atoms with E-state index in [0.717, 1.165) is 5.56 Å². The quantitative estimate of drug-likeness (QED) is 0.787. The van der Waals surface area contributed by atoms with E-state index in [-0.39, 0.29) is 18.1 Å². The van der Waals surface area contributed by atoms with Gasteiger partial charge in [-0.25, -0.2) is 0 Å². The number of anilines is 1. The van der Waals surface area contributed by atoms with Crippen molar-refractivity contribution in [3.63, 3.8) is 0 Å². The van der Waals surface area contributed by atoms with Crippen molar-refractivity contribution in [2.24, 2.45) is 0 Å². The van der Waals surface area contributed by atoms with Crippen molar-refractivity contribution in [3.8, 4) is 5.75 Å². The number of ether oxygens (including phenoxy) is 1. The highest BCUT2D eigenvalue weighted by atomic mass is 16.5. The van der Waals surface area contributed by atoms with Crippen LogP contribution in [0.25, 0.3) is 0 Å². The number of nitrogens with two attached hydrogens (primary N) is 1. The molecule has 17 heavy (non-hydrogen) atoms. The predicted molar refractivity (Wildman–Crippen MR) is 69.0 cm³/mol. The van der Waals surface area contributed by atoms with E-state index in [1.165, 1.54) is 0 Å². The summed E-state index contributed by atoms with van der Waals surface area (Å²) < 4.78 is 5.44. The van der Waals surface area contributed by atoms with Gasteiger partial charge in [0.2, 0.25) is 0 Å². The van der Waals surface area contributed by atoms with E-state index in [2.05, 4.69) is 5.32 Å². The number of amides is 1. The summed E-state index contributed by atoms with van der Waals surface area (Å²) in [6, 6.07) is 5.50. The zero-order valence-electron chi connectivity index (χ0n) is 10.8. The summed E-state index contributed by atoms with van der Waals surface area (Å²) >= 11 is 0. The minimum Gasteiger partial charge on any atom is -0.481 e. The highest BCUT2D eigenvalue weighted by molar-refractivity contribution is 5.78. The molecule has 0 saturated carbocycles. The number of nitrogen functional groups attached to an aromatic ring is 1. The Kier molecular flexibility index (Phi) is 3.99. The third-order valence-corrected chi connectivity index (χ3v) is 2.10. The first-order valence-electron chi connectivity index (χ1n) is 5.58. The first-order valence-corrected chi connectivity index (χ1v) is 5.58. The molecule has 3 N–H and O–H groups in total. The smallest absolute Gasteiger partial charge is 0.258 e. The Labute approximate surface area is 102 Å². The highest BCUT2D eigenvalue weighted by Gasteiger charge is 2.14. The fourth-order valence-electron chi connectivity index (χ4n) is 1.46. The number of rotatable bonds is 3. The van der Waals surface area contributed by atoms with Crippen molar-refractivity contribution in [2.45, 2.75) is 33.2 Å². The first kappa shape index (κ1) is 13.4. The second-order valence-electron chi connectivity index (χ2n) is 5.08. The van der Waals surface area contributed by atoms with E-state index in [1.807, 2.05) is 39.8 Å². The minimum atomic E-state index is -0.252. The Morgan fingerprint density at radius 2 is 2.06 bits per heavy atom. The molecular weight excluding hydrogens is 216 g/mol. The van der Waals surface area contributed by atoms with Crippen molar-refractivity contribution in [2.75, 3.05) is 12.3 Å². The van der Waals surface area contributed by atoms with Gasteiger partial charge in [-0.15, -0.1) is 0 Å². The van der Waals surface area contributed by atoms with E-state index < -0.39 is 0 Å². The van der Waals surface area contributed by atoms with Crippen molar-refractivity contribution in [1.29, 1.82) is 0 Å². The molecular formula is C13H20N2O2. The average molecular weight is 236 g/mol. The van der Waals surface area contributed by atoms with Gasteiger partial charge in [0.1, 0.15) is 5.75 Å². The van der Waals surface area contributed by atoms with E-state index >= 15 is 0 Å². The molecule has 0 radical (unpaired) electrons. The van der Waals surface area contributed by atoms with Gasteiger partial charge in [0.15, 0.2) is 6.61 Å². The summed E-state index contributed by atoms with van der Waals surface area (Å²) in [5.74, 6) is 0.428. The molecule has 0 fully saturated rings. The molecule has 0 aliphatic rings. The van der Waals surface area contributed by atoms with Crippen LogP contribution in [0.4, 0.5) is 5.69 Å². The maximum atomic E-state index is 11.6. The summed E-state index contributed by atoms with van der Waals surface area (Å²) in [5.41, 5.74) is 7.00. The third-order valence-electron chi connectivity index (χ3n) is 2.10. The molecule has 0 saturated heterocycles. The van der Waals surface area contributed by atoms with Crippen LogP contribution in [0.15, 0.2) is 18.2 Å². The molecule has 0 aliphatic carbocycles. The zero-order valence-corrected chi connectivity index (χ0v) is 10.8. The normalized spacial score (nSPS) is 11.1. The monoisotopic (exact) mass is 236 g/mol. The molecule has 0 atom stereocenters. The first-order chi connectivity index (χ1) is 7.79. The number of nitrogens with one attached hydrogen (secondary N) is 1. The fourth-order valence-corrected chi connectivity index (χ4v) is 1.46. The second-order valence-corrected chi connectivity index (χ2v) is 5.08. The molecule has 1 aromatic carbocycles. The molecule has 0 bridgehead atoms. The van der Waals surface area contributed by atoms with E-state index in [9.17, 15) is 4.79 Å². The Morgan fingerprint density at radius 3 is 2.59 bits per heavy atom. The molecule has 0 aliphatic heterocycles. The lowest BCUT2D eigenvalue weighted by Crippen LogP contribution is -2.43. The lowest BCUT2D eigenvalue weighted by molar-refractivity contribution is -0.124. The number of hydrogen-bond donors (Lipinski definition) is 2. The molecule has 1 aromatic rings. The molecule has 0 heterocycles. The fraction of sp³-hybridized carbons (Fsp3) is 0.462. The van der Waals surface area contributed by atoms with Crippen LogP contribution in [0.2, 0.25) is 0 Å². The van der Waals surface area contributed by atoms with E-state index in [1.54, 1.807) is 6.07 Å². The van der Waals surface area contributed by atoms with Gasteiger partial charge < -0.3 is 15.8 Å². The zero-order chi connectivity index (χ0) is 13.1. The summed E-state index contributed by atoms with van der Waals surface area (Å²) in [7, 11) is 0. The molecule has 0 unspecified atom stereocenters. The van der Waals surface area contributed by atoms with Gasteiger partial charge in [-0.05, 0) is 39.3 Å². The van der Waals surface area contributed by atoms with Gasteiger partial charge in [-0.3, -0.25) is 4.79 Å². The summed E-state index contributed by atoms with van der Waals surface area (Å²) in [6.07, 6.45) is 0. The topological polar surface area (TPSA) is 64.3 Å². The van der Waals surface area contributed by atoms with Crippen molar-refractivity contribution in [3.05, 3.63) is 23.8 Å². The second kappa shape index (κ2) is 5.08. The van der Waals surface area contributed by atoms with Crippen LogP contribution in [0.5, 0.6) is 5.75 Å². The summed E-state index contributed by atoms with van der Waals surface area (Å²) in [4.78, 5) is 11.6. The molecule has 4 heteroatoms. The van der Waals surface area contributed by atoms with Crippen LogP contribution in [0.3, 0.4) is 0 Å². The van der Waals surface area contributed by atoms with Crippen molar-refractivity contribution < 1.29 is 9.53 Å². The number of para-hydroxylation sites is 1. The average Bonchev–Trinajstić information content (AvgIpc) is 2.14. The van der Waals surface area contributed by atoms with Gasteiger partial charge in [-0.2, -0.15) is 0 Å². The Hall–Kier alpha value is -1.71. The lowest BCUT2D eigenvalue weighted by Gasteiger charge is -2.20. The van der Waals surface area contributed by atoms with Gasteiger partial charge in [-0.1, -0.05) is 12.1 Å². The Balaban J connectivity index is 2.59. The predicted octanol–water partition coefficient (Wildman–Crippen LogP) is 1.87. The van der Waals surface area contributed by atoms with Gasteiger partial charge >= 0.3 is 0 Å². The molecule has 94 valence electrons. The summed E-state index contributed by atoms with van der Waals surface area (Å²) in [5, 5.41) is 2.82. The summed E-state index contributed by atoms with van der Waals surface area (Å²) in [6.45, 7) is 7.65. The van der Waals surface area contributed by atoms with Gasteiger partial charge in [0, 0.05) is 5.54 Å². The maximum absolute atomic E-state index is 11.6. The van der Waals surface area contributed by atoms with Crippen LogP contribution in [0, 0.1) is 6.92 Å². The van der Waals surface area contributed by atoms with Crippen molar-refractivity contribution >= 4 is 11.6 Å². The SMILES string of the molecule is Cc1cccc(N)c1OCC(=O)NC(C)(C)C. The lowest BCUT2D eigenvalue weighted by atomic mass is 10.1. The highest BCUT2D eigenvalue weighted by Crippen LogP contribution is 2.25. The third kappa shape index (κ3) is 4.34. The maximum Gasteiger partial charge on any atom is 0.258 e. The van der Waals surface area contributed by atoms with E-state index in [4.69, 9.17) is 10.5 Å².